The Morgan fingerprint density at radius 3 is 3.00 bits per heavy atom. The fourth-order valence-electron chi connectivity index (χ4n) is 0.872. The van der Waals surface area contributed by atoms with E-state index in [1.165, 1.54) is 12.3 Å². The number of nitrogens with zero attached hydrogens (tertiary/aromatic N) is 2. The average molecular weight is 170 g/mol. The third kappa shape index (κ3) is 2.06. The molecular weight excluding hydrogens is 160 g/mol. The summed E-state index contributed by atoms with van der Waals surface area (Å²) in [7, 11) is 1.60. The molecule has 0 aliphatic heterocycles. The number of ether oxygens (including phenoxy) is 1. The molecule has 5 nitrogen and oxygen atoms in total. The van der Waals surface area contributed by atoms with Gasteiger partial charge in [0.05, 0.1) is 17.7 Å². The van der Waals surface area contributed by atoms with Crippen LogP contribution in [0.25, 0.3) is 0 Å². The number of aromatic nitrogens is 1. The Morgan fingerprint density at radius 2 is 2.50 bits per heavy atom. The van der Waals surface area contributed by atoms with E-state index in [1.807, 2.05) is 0 Å². The normalized spacial score (nSPS) is 10.1. The van der Waals surface area contributed by atoms with E-state index >= 15 is 0 Å². The van der Waals surface area contributed by atoms with Crippen molar-refractivity contribution in [1.82, 2.24) is 4.57 Å². The zero-order chi connectivity index (χ0) is 8.97. The van der Waals surface area contributed by atoms with Gasteiger partial charge in [0.1, 0.15) is 0 Å². The van der Waals surface area contributed by atoms with Crippen LogP contribution in [-0.4, -0.2) is 23.2 Å². The zero-order valence-corrected chi connectivity index (χ0v) is 6.77. The van der Waals surface area contributed by atoms with Crippen LogP contribution in [0.15, 0.2) is 18.5 Å². The summed E-state index contributed by atoms with van der Waals surface area (Å²) in [5.74, 6) is 0. The lowest BCUT2D eigenvalue weighted by Gasteiger charge is -1.98. The Labute approximate surface area is 69.7 Å². The van der Waals surface area contributed by atoms with Gasteiger partial charge in [-0.2, -0.15) is 0 Å². The largest absolute Gasteiger partial charge is 0.383 e. The number of hydrogen-bond donors (Lipinski definition) is 0. The molecule has 1 aromatic heterocycles. The fourth-order valence-corrected chi connectivity index (χ4v) is 0.872. The second-order valence-electron chi connectivity index (χ2n) is 2.36. The van der Waals surface area contributed by atoms with Crippen LogP contribution in [0.2, 0.25) is 0 Å². The van der Waals surface area contributed by atoms with Crippen LogP contribution >= 0.6 is 0 Å². The van der Waals surface area contributed by atoms with Gasteiger partial charge in [0.2, 0.25) is 0 Å². The summed E-state index contributed by atoms with van der Waals surface area (Å²) in [6.07, 6.45) is 3.15. The van der Waals surface area contributed by atoms with Gasteiger partial charge in [-0.15, -0.1) is 0 Å². The molecule has 0 unspecified atom stereocenters. The molecule has 0 N–H and O–H groups in total. The number of rotatable bonds is 4. The summed E-state index contributed by atoms with van der Waals surface area (Å²) in [5, 5.41) is 10.2. The molecule has 12 heavy (non-hydrogen) atoms. The van der Waals surface area contributed by atoms with E-state index in [0.29, 0.717) is 13.2 Å². The van der Waals surface area contributed by atoms with Gasteiger partial charge in [0.25, 0.3) is 5.69 Å². The Balaban J connectivity index is 2.58. The fraction of sp³-hybridized carbons (Fsp3) is 0.429. The van der Waals surface area contributed by atoms with Crippen molar-refractivity contribution < 1.29 is 9.66 Å². The molecule has 5 heteroatoms. The third-order valence-corrected chi connectivity index (χ3v) is 1.50. The molecule has 0 atom stereocenters. The second-order valence-corrected chi connectivity index (χ2v) is 2.36. The van der Waals surface area contributed by atoms with Gasteiger partial charge in [-0.05, 0) is 0 Å². The lowest BCUT2D eigenvalue weighted by molar-refractivity contribution is -0.384. The van der Waals surface area contributed by atoms with Crippen molar-refractivity contribution in [3.05, 3.63) is 28.6 Å². The highest BCUT2D eigenvalue weighted by atomic mass is 16.6. The van der Waals surface area contributed by atoms with Crippen LogP contribution in [-0.2, 0) is 11.3 Å². The van der Waals surface area contributed by atoms with Crippen molar-refractivity contribution in [2.45, 2.75) is 6.54 Å². The minimum atomic E-state index is -0.413. The molecule has 0 radical (unpaired) electrons. The Kier molecular flexibility index (Phi) is 2.82. The van der Waals surface area contributed by atoms with E-state index in [-0.39, 0.29) is 5.69 Å². The predicted molar refractivity (Wildman–Crippen MR) is 43.0 cm³/mol. The first-order chi connectivity index (χ1) is 5.74. The molecule has 0 aromatic carbocycles. The number of hydrogen-bond acceptors (Lipinski definition) is 3. The summed E-state index contributed by atoms with van der Waals surface area (Å²) < 4.78 is 6.55. The van der Waals surface area contributed by atoms with Crippen LogP contribution in [0.4, 0.5) is 5.69 Å². The highest BCUT2D eigenvalue weighted by Crippen LogP contribution is 2.09. The molecule has 0 fully saturated rings. The third-order valence-electron chi connectivity index (χ3n) is 1.50. The zero-order valence-electron chi connectivity index (χ0n) is 6.77. The van der Waals surface area contributed by atoms with E-state index in [1.54, 1.807) is 17.9 Å². The van der Waals surface area contributed by atoms with Gasteiger partial charge >= 0.3 is 0 Å². The topological polar surface area (TPSA) is 57.3 Å². The molecule has 66 valence electrons. The van der Waals surface area contributed by atoms with Gasteiger partial charge in [-0.25, -0.2) is 0 Å². The molecule has 0 bridgehead atoms. The summed E-state index contributed by atoms with van der Waals surface area (Å²) in [5.41, 5.74) is 0.117. The summed E-state index contributed by atoms with van der Waals surface area (Å²) in [6, 6.07) is 1.47. The Bertz CT molecular complexity index is 269. The molecule has 0 aliphatic rings. The van der Waals surface area contributed by atoms with Gasteiger partial charge in [0, 0.05) is 25.9 Å². The van der Waals surface area contributed by atoms with Crippen molar-refractivity contribution in [2.24, 2.45) is 0 Å². The maximum absolute atomic E-state index is 10.2. The van der Waals surface area contributed by atoms with Crippen LogP contribution in [0.5, 0.6) is 0 Å². The van der Waals surface area contributed by atoms with Crippen molar-refractivity contribution in [1.29, 1.82) is 0 Å². The van der Waals surface area contributed by atoms with Gasteiger partial charge in [-0.3, -0.25) is 10.1 Å². The predicted octanol–water partition coefficient (Wildman–Crippen LogP) is 1.04. The molecule has 0 spiro atoms. The van der Waals surface area contributed by atoms with Crippen molar-refractivity contribution in [2.75, 3.05) is 13.7 Å². The molecule has 1 heterocycles. The SMILES string of the molecule is COCCn1ccc([N+](=O)[O-])c1. The van der Waals surface area contributed by atoms with E-state index < -0.39 is 4.92 Å². The molecule has 0 aliphatic carbocycles. The molecule has 0 amide bonds. The number of nitro groups is 1. The van der Waals surface area contributed by atoms with Crippen molar-refractivity contribution in [3.63, 3.8) is 0 Å². The molecule has 0 saturated heterocycles. The summed E-state index contributed by atoms with van der Waals surface area (Å²) in [4.78, 5) is 9.84. The molecule has 1 aromatic rings. The molecule has 1 rings (SSSR count). The first-order valence-corrected chi connectivity index (χ1v) is 3.53. The van der Waals surface area contributed by atoms with Gasteiger partial charge in [0.15, 0.2) is 0 Å². The standard InChI is InChI=1S/C7H10N2O3/c1-12-5-4-8-3-2-7(6-8)9(10)11/h2-3,6H,4-5H2,1H3. The monoisotopic (exact) mass is 170 g/mol. The van der Waals surface area contributed by atoms with E-state index in [0.717, 1.165) is 0 Å². The minimum absolute atomic E-state index is 0.117. The van der Waals surface area contributed by atoms with Crippen molar-refractivity contribution in [3.8, 4) is 0 Å². The van der Waals surface area contributed by atoms with Crippen molar-refractivity contribution >= 4 is 5.69 Å². The second kappa shape index (κ2) is 3.87. The van der Waals surface area contributed by atoms with Crippen LogP contribution < -0.4 is 0 Å². The minimum Gasteiger partial charge on any atom is -0.383 e. The lowest BCUT2D eigenvalue weighted by atomic mass is 10.6. The van der Waals surface area contributed by atoms with Gasteiger partial charge < -0.3 is 9.30 Å². The van der Waals surface area contributed by atoms with Gasteiger partial charge in [-0.1, -0.05) is 0 Å². The summed E-state index contributed by atoms with van der Waals surface area (Å²) in [6.45, 7) is 1.20. The quantitative estimate of drug-likeness (QED) is 0.501. The first kappa shape index (κ1) is 8.73. The highest BCUT2D eigenvalue weighted by Gasteiger charge is 2.05. The maximum atomic E-state index is 10.2. The average Bonchev–Trinajstić information content (AvgIpc) is 2.48. The number of methoxy groups -OCH3 is 1. The van der Waals surface area contributed by atoms with Crippen LogP contribution in [0, 0.1) is 10.1 Å². The van der Waals surface area contributed by atoms with E-state index in [2.05, 4.69) is 0 Å². The summed E-state index contributed by atoms with van der Waals surface area (Å²) >= 11 is 0. The van der Waals surface area contributed by atoms with Crippen LogP contribution in [0.1, 0.15) is 0 Å². The van der Waals surface area contributed by atoms with E-state index in [9.17, 15) is 10.1 Å². The van der Waals surface area contributed by atoms with E-state index in [4.69, 9.17) is 4.74 Å². The molecular formula is C7H10N2O3. The Morgan fingerprint density at radius 1 is 1.75 bits per heavy atom. The first-order valence-electron chi connectivity index (χ1n) is 3.53. The smallest absolute Gasteiger partial charge is 0.286 e. The molecule has 0 saturated carbocycles. The lowest BCUT2D eigenvalue weighted by Crippen LogP contribution is -2.00. The highest BCUT2D eigenvalue weighted by molar-refractivity contribution is 5.25. The van der Waals surface area contributed by atoms with Crippen LogP contribution in [0.3, 0.4) is 0 Å². The maximum Gasteiger partial charge on any atom is 0.286 e. The Hall–Kier alpha value is -1.36.